The molecule has 4 amide bonds. The first-order valence-corrected chi connectivity index (χ1v) is 17.3. The van der Waals surface area contributed by atoms with Gasteiger partial charge in [0, 0.05) is 44.4 Å². The molecule has 0 radical (unpaired) electrons. The molecule has 270 valence electrons. The van der Waals surface area contributed by atoms with E-state index >= 15 is 0 Å². The van der Waals surface area contributed by atoms with Crippen molar-refractivity contribution in [2.24, 2.45) is 11.8 Å². The number of hydrogen-bond acceptors (Lipinski definition) is 8. The predicted molar refractivity (Wildman–Crippen MR) is 187 cm³/mol. The maximum absolute atomic E-state index is 13.4. The van der Waals surface area contributed by atoms with Crippen LogP contribution in [0.5, 0.6) is 5.75 Å². The summed E-state index contributed by atoms with van der Waals surface area (Å²) >= 11 is 0. The zero-order chi connectivity index (χ0) is 35.9. The molecule has 1 saturated carbocycles. The summed E-state index contributed by atoms with van der Waals surface area (Å²) in [6.45, 7) is 12.6. The SMILES string of the molecule is CC(C)(C)OC(=O)NCCCCNC(=O)[C@H](Cc1ccc(OCc2ccncc2)cc1)NC(=O)C1CCC(CNC(=O)OC(C)(C)C)CC1. The van der Waals surface area contributed by atoms with Gasteiger partial charge in [-0.3, -0.25) is 14.6 Å². The molecule has 12 heteroatoms. The lowest BCUT2D eigenvalue weighted by atomic mass is 9.81. The Balaban J connectivity index is 1.52. The number of pyridine rings is 1. The summed E-state index contributed by atoms with van der Waals surface area (Å²) in [6, 6.07) is 10.5. The number of alkyl carbamates (subject to hydrolysis) is 2. The third kappa shape index (κ3) is 16.1. The second kappa shape index (κ2) is 19.0. The summed E-state index contributed by atoms with van der Waals surface area (Å²) in [5.74, 6) is 0.346. The molecule has 1 heterocycles. The van der Waals surface area contributed by atoms with Crippen molar-refractivity contribution < 1.29 is 33.4 Å². The predicted octanol–water partition coefficient (Wildman–Crippen LogP) is 5.44. The molecule has 1 fully saturated rings. The number of aromatic nitrogens is 1. The lowest BCUT2D eigenvalue weighted by Gasteiger charge is -2.29. The van der Waals surface area contributed by atoms with Gasteiger partial charge in [-0.05, 0) is 121 Å². The van der Waals surface area contributed by atoms with Crippen LogP contribution in [0.2, 0.25) is 0 Å². The molecule has 0 saturated heterocycles. The average Bonchev–Trinajstić information content (AvgIpc) is 3.03. The molecule has 4 N–H and O–H groups in total. The van der Waals surface area contributed by atoms with Gasteiger partial charge in [0.2, 0.25) is 11.8 Å². The van der Waals surface area contributed by atoms with E-state index in [-0.39, 0.29) is 23.7 Å². The van der Waals surface area contributed by atoms with Crippen molar-refractivity contribution in [2.45, 2.75) is 110 Å². The Labute approximate surface area is 290 Å². The van der Waals surface area contributed by atoms with Crippen molar-refractivity contribution in [1.82, 2.24) is 26.3 Å². The summed E-state index contributed by atoms with van der Waals surface area (Å²) in [4.78, 5) is 54.8. The first-order valence-electron chi connectivity index (χ1n) is 17.3. The number of benzene rings is 1. The summed E-state index contributed by atoms with van der Waals surface area (Å²) < 4.78 is 16.5. The highest BCUT2D eigenvalue weighted by atomic mass is 16.6. The molecular weight excluding hydrogens is 626 g/mol. The second-order valence-corrected chi connectivity index (χ2v) is 14.6. The Morgan fingerprint density at radius 1 is 0.755 bits per heavy atom. The van der Waals surface area contributed by atoms with Crippen LogP contribution in [0.25, 0.3) is 0 Å². The molecule has 1 aliphatic carbocycles. The summed E-state index contributed by atoms with van der Waals surface area (Å²) in [5.41, 5.74) is 0.768. The van der Waals surface area contributed by atoms with E-state index in [1.807, 2.05) is 57.2 Å². The lowest BCUT2D eigenvalue weighted by Crippen LogP contribution is -2.50. The summed E-state index contributed by atoms with van der Waals surface area (Å²) in [6.07, 6.45) is 7.09. The van der Waals surface area contributed by atoms with E-state index < -0.39 is 29.4 Å². The van der Waals surface area contributed by atoms with E-state index in [2.05, 4.69) is 26.3 Å². The number of unbranched alkanes of at least 4 members (excludes halogenated alkanes) is 1. The van der Waals surface area contributed by atoms with Crippen LogP contribution in [0.4, 0.5) is 9.59 Å². The minimum atomic E-state index is -0.762. The van der Waals surface area contributed by atoms with E-state index in [1.54, 1.807) is 33.2 Å². The Kier molecular flexibility index (Phi) is 15.2. The molecule has 49 heavy (non-hydrogen) atoms. The van der Waals surface area contributed by atoms with Gasteiger partial charge in [-0.1, -0.05) is 12.1 Å². The molecule has 2 aromatic rings. The molecule has 0 bridgehead atoms. The number of carbonyl (C=O) groups excluding carboxylic acids is 4. The Morgan fingerprint density at radius 2 is 1.33 bits per heavy atom. The number of nitrogens with one attached hydrogen (secondary N) is 4. The number of rotatable bonds is 15. The van der Waals surface area contributed by atoms with E-state index in [0.717, 1.165) is 24.0 Å². The minimum absolute atomic E-state index is 0.141. The van der Waals surface area contributed by atoms with Gasteiger partial charge in [0.1, 0.15) is 29.6 Å². The fourth-order valence-electron chi connectivity index (χ4n) is 5.36. The largest absolute Gasteiger partial charge is 0.489 e. The van der Waals surface area contributed by atoms with E-state index in [1.165, 1.54) is 0 Å². The third-order valence-corrected chi connectivity index (χ3v) is 7.87. The summed E-state index contributed by atoms with van der Waals surface area (Å²) in [7, 11) is 0. The fourth-order valence-corrected chi connectivity index (χ4v) is 5.36. The number of ether oxygens (including phenoxy) is 3. The first-order chi connectivity index (χ1) is 23.2. The van der Waals surface area contributed by atoms with Gasteiger partial charge >= 0.3 is 12.2 Å². The molecule has 3 rings (SSSR count). The molecular formula is C37H55N5O7. The molecule has 1 aliphatic rings. The first kappa shape index (κ1) is 39.1. The van der Waals surface area contributed by atoms with E-state index in [4.69, 9.17) is 14.2 Å². The van der Waals surface area contributed by atoms with Gasteiger partial charge in [0.05, 0.1) is 0 Å². The van der Waals surface area contributed by atoms with Crippen LogP contribution < -0.4 is 26.0 Å². The molecule has 0 unspecified atom stereocenters. The standard InChI is InChI=1S/C37H55N5O7/c1-36(2,3)48-34(45)40-20-8-7-19-39-33(44)31(23-26-11-15-30(16-12-26)47-25-28-17-21-38-22-18-28)42-32(43)29-13-9-27(10-14-29)24-41-35(46)49-37(4,5)6/h11-12,15-18,21-22,27,29,31H,7-10,13-14,19-20,23-25H2,1-6H3,(H,39,44)(H,40,45)(H,41,46)(H,42,43)/t27?,29?,31-/m0/s1. The van der Waals surface area contributed by atoms with Crippen molar-refractivity contribution in [3.63, 3.8) is 0 Å². The number of amides is 4. The lowest BCUT2D eigenvalue weighted by molar-refractivity contribution is -0.131. The van der Waals surface area contributed by atoms with Gasteiger partial charge in [-0.25, -0.2) is 9.59 Å². The van der Waals surface area contributed by atoms with Gasteiger partial charge in [-0.2, -0.15) is 0 Å². The van der Waals surface area contributed by atoms with E-state index in [9.17, 15) is 19.2 Å². The highest BCUT2D eigenvalue weighted by Gasteiger charge is 2.30. The Bertz CT molecular complexity index is 1330. The third-order valence-electron chi connectivity index (χ3n) is 7.87. The Morgan fingerprint density at radius 3 is 1.92 bits per heavy atom. The van der Waals surface area contributed by atoms with Crippen LogP contribution in [0.1, 0.15) is 91.2 Å². The van der Waals surface area contributed by atoms with Crippen LogP contribution in [-0.2, 0) is 32.1 Å². The maximum atomic E-state index is 13.4. The van der Waals surface area contributed by atoms with Crippen molar-refractivity contribution in [3.05, 3.63) is 59.9 Å². The number of hydrogen-bond donors (Lipinski definition) is 4. The van der Waals surface area contributed by atoms with Gasteiger partial charge in [0.25, 0.3) is 0 Å². The van der Waals surface area contributed by atoms with Crippen molar-refractivity contribution >= 4 is 24.0 Å². The van der Waals surface area contributed by atoms with Crippen molar-refractivity contribution in [1.29, 1.82) is 0 Å². The van der Waals surface area contributed by atoms with Gasteiger partial charge < -0.3 is 35.5 Å². The summed E-state index contributed by atoms with van der Waals surface area (Å²) in [5, 5.41) is 11.5. The van der Waals surface area contributed by atoms with Crippen LogP contribution in [0.3, 0.4) is 0 Å². The molecule has 0 aliphatic heterocycles. The molecule has 0 spiro atoms. The maximum Gasteiger partial charge on any atom is 0.407 e. The fraction of sp³-hybridized carbons (Fsp3) is 0.595. The van der Waals surface area contributed by atoms with Gasteiger partial charge in [-0.15, -0.1) is 0 Å². The molecule has 1 atom stereocenters. The highest BCUT2D eigenvalue weighted by molar-refractivity contribution is 5.88. The smallest absolute Gasteiger partial charge is 0.407 e. The molecule has 12 nitrogen and oxygen atoms in total. The molecule has 1 aromatic carbocycles. The van der Waals surface area contributed by atoms with Gasteiger partial charge in [0.15, 0.2) is 0 Å². The Hall–Kier alpha value is -4.35. The quantitative estimate of drug-likeness (QED) is 0.181. The van der Waals surface area contributed by atoms with Crippen LogP contribution in [-0.4, -0.2) is 65.9 Å². The molecule has 1 aromatic heterocycles. The van der Waals surface area contributed by atoms with E-state index in [0.29, 0.717) is 64.1 Å². The number of nitrogens with zero attached hydrogens (tertiary/aromatic N) is 1. The van der Waals surface area contributed by atoms with Crippen LogP contribution in [0.15, 0.2) is 48.8 Å². The minimum Gasteiger partial charge on any atom is -0.489 e. The second-order valence-electron chi connectivity index (χ2n) is 14.6. The zero-order valence-electron chi connectivity index (χ0n) is 29.9. The zero-order valence-corrected chi connectivity index (χ0v) is 29.9. The van der Waals surface area contributed by atoms with Crippen molar-refractivity contribution in [2.75, 3.05) is 19.6 Å². The highest BCUT2D eigenvalue weighted by Crippen LogP contribution is 2.29. The monoisotopic (exact) mass is 681 g/mol. The normalized spacial score (nSPS) is 16.9. The van der Waals surface area contributed by atoms with Crippen molar-refractivity contribution in [3.8, 4) is 5.75 Å². The topological polar surface area (TPSA) is 157 Å². The number of carbonyl (C=O) groups is 4. The average molecular weight is 682 g/mol. The van der Waals surface area contributed by atoms with Crippen LogP contribution >= 0.6 is 0 Å². The van der Waals surface area contributed by atoms with Crippen LogP contribution in [0, 0.1) is 11.8 Å².